The summed E-state index contributed by atoms with van der Waals surface area (Å²) in [6, 6.07) is 3.22. The van der Waals surface area contributed by atoms with Crippen molar-refractivity contribution in [1.82, 2.24) is 14.8 Å². The van der Waals surface area contributed by atoms with E-state index in [1.807, 2.05) is 0 Å². The molecule has 0 spiro atoms. The van der Waals surface area contributed by atoms with Crippen LogP contribution in [0.2, 0.25) is 0 Å². The summed E-state index contributed by atoms with van der Waals surface area (Å²) in [5.74, 6) is 0.325. The zero-order valence-electron chi connectivity index (χ0n) is 10.3. The monoisotopic (exact) mass is 248 g/mol. The largest absolute Gasteiger partial charge is 0.384 e. The number of nitrogens with two attached hydrogens (primary N) is 1. The minimum absolute atomic E-state index is 0.0512. The van der Waals surface area contributed by atoms with E-state index in [2.05, 4.69) is 4.98 Å². The normalized spacial score (nSPS) is 15.6. The first-order valence-corrected chi connectivity index (χ1v) is 5.84. The van der Waals surface area contributed by atoms with Crippen LogP contribution in [0.5, 0.6) is 0 Å². The number of amides is 2. The van der Waals surface area contributed by atoms with Gasteiger partial charge in [0.2, 0.25) is 5.91 Å². The lowest BCUT2D eigenvalue weighted by Crippen LogP contribution is -2.50. The highest BCUT2D eigenvalue weighted by Crippen LogP contribution is 2.10. The van der Waals surface area contributed by atoms with E-state index in [1.54, 1.807) is 28.9 Å². The van der Waals surface area contributed by atoms with Gasteiger partial charge in [0.15, 0.2) is 0 Å². The van der Waals surface area contributed by atoms with E-state index in [-0.39, 0.29) is 11.8 Å². The van der Waals surface area contributed by atoms with Crippen molar-refractivity contribution in [3.8, 4) is 0 Å². The van der Waals surface area contributed by atoms with Crippen LogP contribution >= 0.6 is 0 Å². The van der Waals surface area contributed by atoms with Crippen molar-refractivity contribution in [2.75, 3.05) is 31.9 Å². The quantitative estimate of drug-likeness (QED) is 0.756. The second-order valence-electron chi connectivity index (χ2n) is 4.27. The van der Waals surface area contributed by atoms with Crippen LogP contribution in [0.3, 0.4) is 0 Å². The second-order valence-corrected chi connectivity index (χ2v) is 4.27. The molecule has 1 saturated heterocycles. The van der Waals surface area contributed by atoms with E-state index in [0.717, 1.165) is 0 Å². The number of piperazine rings is 1. The summed E-state index contributed by atoms with van der Waals surface area (Å²) in [4.78, 5) is 30.7. The average Bonchev–Trinajstić information content (AvgIpc) is 2.38. The molecule has 2 rings (SSSR count). The van der Waals surface area contributed by atoms with Crippen molar-refractivity contribution in [3.63, 3.8) is 0 Å². The smallest absolute Gasteiger partial charge is 0.254 e. The van der Waals surface area contributed by atoms with Gasteiger partial charge in [-0.15, -0.1) is 0 Å². The van der Waals surface area contributed by atoms with E-state index in [0.29, 0.717) is 37.6 Å². The highest BCUT2D eigenvalue weighted by molar-refractivity contribution is 5.94. The van der Waals surface area contributed by atoms with Crippen molar-refractivity contribution in [1.29, 1.82) is 0 Å². The highest BCUT2D eigenvalue weighted by atomic mass is 16.2. The summed E-state index contributed by atoms with van der Waals surface area (Å²) in [6.07, 6.45) is 1.52. The van der Waals surface area contributed by atoms with Crippen LogP contribution in [-0.2, 0) is 4.79 Å². The Hall–Kier alpha value is -2.11. The third-order valence-corrected chi connectivity index (χ3v) is 3.04. The molecule has 1 aliphatic rings. The summed E-state index contributed by atoms with van der Waals surface area (Å²) in [5.41, 5.74) is 6.09. The van der Waals surface area contributed by atoms with Gasteiger partial charge in [-0.3, -0.25) is 9.59 Å². The molecule has 6 heteroatoms. The maximum absolute atomic E-state index is 12.2. The maximum Gasteiger partial charge on any atom is 0.254 e. The van der Waals surface area contributed by atoms with Crippen LogP contribution in [0.15, 0.2) is 18.3 Å². The number of carbonyl (C=O) groups excluding carboxylic acids is 2. The van der Waals surface area contributed by atoms with E-state index in [4.69, 9.17) is 5.73 Å². The molecule has 0 atom stereocenters. The zero-order chi connectivity index (χ0) is 13.1. The molecule has 0 saturated carbocycles. The summed E-state index contributed by atoms with van der Waals surface area (Å²) in [6.45, 7) is 3.83. The zero-order valence-corrected chi connectivity index (χ0v) is 10.3. The molecule has 2 amide bonds. The fourth-order valence-corrected chi connectivity index (χ4v) is 1.99. The van der Waals surface area contributed by atoms with Gasteiger partial charge in [0, 0.05) is 44.9 Å². The van der Waals surface area contributed by atoms with Crippen LogP contribution in [0.25, 0.3) is 0 Å². The van der Waals surface area contributed by atoms with Crippen LogP contribution in [-0.4, -0.2) is 52.8 Å². The van der Waals surface area contributed by atoms with E-state index >= 15 is 0 Å². The van der Waals surface area contributed by atoms with E-state index in [9.17, 15) is 9.59 Å². The number of aromatic nitrogens is 1. The first kappa shape index (κ1) is 12.3. The van der Waals surface area contributed by atoms with Gasteiger partial charge < -0.3 is 15.5 Å². The van der Waals surface area contributed by atoms with Gasteiger partial charge in [0.05, 0.1) is 0 Å². The van der Waals surface area contributed by atoms with Crippen LogP contribution in [0, 0.1) is 0 Å². The van der Waals surface area contributed by atoms with Crippen LogP contribution in [0.1, 0.15) is 17.3 Å². The Morgan fingerprint density at radius 3 is 2.39 bits per heavy atom. The number of rotatable bonds is 1. The molecule has 6 nitrogen and oxygen atoms in total. The van der Waals surface area contributed by atoms with Gasteiger partial charge in [-0.1, -0.05) is 0 Å². The molecule has 0 aliphatic carbocycles. The minimum Gasteiger partial charge on any atom is -0.384 e. The van der Waals surface area contributed by atoms with Crippen molar-refractivity contribution < 1.29 is 9.59 Å². The molecule has 2 heterocycles. The molecule has 0 radical (unpaired) electrons. The van der Waals surface area contributed by atoms with Gasteiger partial charge in [-0.05, 0) is 12.1 Å². The number of hydrogen-bond acceptors (Lipinski definition) is 4. The van der Waals surface area contributed by atoms with Crippen molar-refractivity contribution in [2.45, 2.75) is 6.92 Å². The fraction of sp³-hybridized carbons (Fsp3) is 0.417. The molecule has 0 aromatic carbocycles. The number of pyridine rings is 1. The van der Waals surface area contributed by atoms with Crippen molar-refractivity contribution in [3.05, 3.63) is 23.9 Å². The maximum atomic E-state index is 12.2. The highest BCUT2D eigenvalue weighted by Gasteiger charge is 2.23. The van der Waals surface area contributed by atoms with Crippen LogP contribution in [0.4, 0.5) is 5.82 Å². The standard InChI is InChI=1S/C12H16N4O2/c1-9(17)15-4-6-16(7-5-15)12(18)10-2-3-14-11(13)8-10/h2-3,8H,4-7H2,1H3,(H2,13,14). The second kappa shape index (κ2) is 5.03. The SMILES string of the molecule is CC(=O)N1CCN(C(=O)c2ccnc(N)c2)CC1. The topological polar surface area (TPSA) is 79.5 Å². The fourth-order valence-electron chi connectivity index (χ4n) is 1.99. The van der Waals surface area contributed by atoms with Gasteiger partial charge in [0.1, 0.15) is 5.82 Å². The molecule has 1 aliphatic heterocycles. The predicted octanol–water partition coefficient (Wildman–Crippen LogP) is -0.0319. The number of anilines is 1. The summed E-state index contributed by atoms with van der Waals surface area (Å²) in [7, 11) is 0. The lowest BCUT2D eigenvalue weighted by Gasteiger charge is -2.34. The Bertz CT molecular complexity index is 467. The van der Waals surface area contributed by atoms with Gasteiger partial charge in [-0.2, -0.15) is 0 Å². The molecule has 2 N–H and O–H groups in total. The summed E-state index contributed by atoms with van der Waals surface area (Å²) < 4.78 is 0. The molecule has 1 fully saturated rings. The third kappa shape index (κ3) is 2.58. The predicted molar refractivity (Wildman–Crippen MR) is 66.8 cm³/mol. The molecule has 96 valence electrons. The third-order valence-electron chi connectivity index (χ3n) is 3.04. The number of nitrogen functional groups attached to an aromatic ring is 1. The Balaban J connectivity index is 2.02. The van der Waals surface area contributed by atoms with Crippen molar-refractivity contribution in [2.24, 2.45) is 0 Å². The van der Waals surface area contributed by atoms with Gasteiger partial charge >= 0.3 is 0 Å². The average molecular weight is 248 g/mol. The Morgan fingerprint density at radius 1 is 1.22 bits per heavy atom. The molecule has 1 aromatic rings. The van der Waals surface area contributed by atoms with Crippen LogP contribution < -0.4 is 5.73 Å². The Morgan fingerprint density at radius 2 is 1.83 bits per heavy atom. The molecule has 0 bridgehead atoms. The lowest BCUT2D eigenvalue weighted by atomic mass is 10.2. The van der Waals surface area contributed by atoms with E-state index < -0.39 is 0 Å². The number of hydrogen-bond donors (Lipinski definition) is 1. The Kier molecular flexibility index (Phi) is 3.45. The molecular formula is C12H16N4O2. The lowest BCUT2D eigenvalue weighted by molar-refractivity contribution is -0.130. The first-order chi connectivity index (χ1) is 8.58. The van der Waals surface area contributed by atoms with Gasteiger partial charge in [-0.25, -0.2) is 4.98 Å². The Labute approximate surface area is 105 Å². The molecule has 0 unspecified atom stereocenters. The first-order valence-electron chi connectivity index (χ1n) is 5.84. The van der Waals surface area contributed by atoms with Gasteiger partial charge in [0.25, 0.3) is 5.91 Å². The molecule has 18 heavy (non-hydrogen) atoms. The number of carbonyl (C=O) groups is 2. The summed E-state index contributed by atoms with van der Waals surface area (Å²) >= 11 is 0. The van der Waals surface area contributed by atoms with E-state index in [1.165, 1.54) is 6.20 Å². The van der Waals surface area contributed by atoms with Crippen molar-refractivity contribution >= 4 is 17.6 Å². The minimum atomic E-state index is -0.0627. The molecular weight excluding hydrogens is 232 g/mol. The molecule has 1 aromatic heterocycles. The summed E-state index contributed by atoms with van der Waals surface area (Å²) in [5, 5.41) is 0. The number of nitrogens with zero attached hydrogens (tertiary/aromatic N) is 3.